The van der Waals surface area contributed by atoms with Crippen LogP contribution in [-0.4, -0.2) is 34.4 Å². The minimum absolute atomic E-state index is 0.00893. The van der Waals surface area contributed by atoms with E-state index in [2.05, 4.69) is 30.4 Å². The van der Waals surface area contributed by atoms with E-state index in [1.54, 1.807) is 17.9 Å². The van der Waals surface area contributed by atoms with Crippen molar-refractivity contribution in [1.29, 1.82) is 0 Å². The maximum atomic E-state index is 14.1. The number of rotatable bonds is 6. The predicted octanol–water partition coefficient (Wildman–Crippen LogP) is 2.35. The molecule has 0 saturated carbocycles. The summed E-state index contributed by atoms with van der Waals surface area (Å²) in [6.07, 6.45) is 5.00. The van der Waals surface area contributed by atoms with Gasteiger partial charge in [-0.1, -0.05) is 6.07 Å². The first-order valence-corrected chi connectivity index (χ1v) is 9.42. The Balaban J connectivity index is 1.91. The summed E-state index contributed by atoms with van der Waals surface area (Å²) in [6.45, 7) is 0. The minimum atomic E-state index is -3.75. The van der Waals surface area contributed by atoms with Gasteiger partial charge in [-0.2, -0.15) is 10.1 Å². The Bertz CT molecular complexity index is 1090. The molecule has 9 nitrogen and oxygen atoms in total. The quantitative estimate of drug-likeness (QED) is 0.587. The van der Waals surface area contributed by atoms with E-state index in [9.17, 15) is 17.2 Å². The van der Waals surface area contributed by atoms with Crippen molar-refractivity contribution < 1.29 is 17.2 Å². The molecule has 2 aromatic heterocycles. The highest BCUT2D eigenvalue weighted by atomic mass is 32.2. The number of anilines is 5. The fraction of sp³-hybridized carbons (Fsp3) is 0.133. The normalized spacial score (nSPS) is 11.3. The summed E-state index contributed by atoms with van der Waals surface area (Å²) in [5.74, 6) is -1.82. The maximum Gasteiger partial charge on any atom is 0.229 e. The van der Waals surface area contributed by atoms with Crippen LogP contribution in [0.3, 0.4) is 0 Å². The Morgan fingerprint density at radius 3 is 2.56 bits per heavy atom. The predicted molar refractivity (Wildman–Crippen MR) is 96.6 cm³/mol. The van der Waals surface area contributed by atoms with Crippen LogP contribution in [0.2, 0.25) is 0 Å². The molecule has 0 fully saturated rings. The summed E-state index contributed by atoms with van der Waals surface area (Å²) in [5, 5.41) is 9.40. The van der Waals surface area contributed by atoms with Crippen molar-refractivity contribution in [3.63, 3.8) is 0 Å². The van der Waals surface area contributed by atoms with Crippen molar-refractivity contribution in [2.45, 2.75) is 0 Å². The fourth-order valence-corrected chi connectivity index (χ4v) is 2.75. The van der Waals surface area contributed by atoms with Gasteiger partial charge in [0, 0.05) is 13.2 Å². The molecule has 0 unspecified atom stereocenters. The van der Waals surface area contributed by atoms with E-state index in [1.165, 1.54) is 18.3 Å². The van der Waals surface area contributed by atoms with Crippen molar-refractivity contribution in [2.75, 3.05) is 21.6 Å². The van der Waals surface area contributed by atoms with Gasteiger partial charge in [0.25, 0.3) is 0 Å². The summed E-state index contributed by atoms with van der Waals surface area (Å²) in [7, 11) is -2.02. The standard InChI is InChI=1S/C15H15F2N7O2S/c1-24-8-9(6-19-24)20-15-18-7-11(17)14(22-15)21-12-5-3-4-10(16)13(12)23-27(2,25)26/h3-8,23H,1-2H3,(H2,18,20,21,22). The van der Waals surface area contributed by atoms with Crippen LogP contribution >= 0.6 is 0 Å². The van der Waals surface area contributed by atoms with Gasteiger partial charge in [0.05, 0.1) is 30.0 Å². The van der Waals surface area contributed by atoms with Crippen LogP contribution in [0.1, 0.15) is 0 Å². The van der Waals surface area contributed by atoms with Crippen LogP contribution in [-0.2, 0) is 17.1 Å². The Morgan fingerprint density at radius 1 is 1.11 bits per heavy atom. The average Bonchev–Trinajstić information content (AvgIpc) is 2.98. The van der Waals surface area contributed by atoms with Crippen molar-refractivity contribution in [3.05, 3.63) is 48.4 Å². The molecule has 0 spiro atoms. The summed E-state index contributed by atoms with van der Waals surface area (Å²) >= 11 is 0. The summed E-state index contributed by atoms with van der Waals surface area (Å²) in [5.41, 5.74) is 0.227. The number of halogens is 2. The second kappa shape index (κ2) is 7.15. The van der Waals surface area contributed by atoms with Crippen LogP contribution in [0.5, 0.6) is 0 Å². The third-order valence-electron chi connectivity index (χ3n) is 3.26. The van der Waals surface area contributed by atoms with E-state index in [4.69, 9.17) is 0 Å². The zero-order valence-corrected chi connectivity index (χ0v) is 15.1. The number of hydrogen-bond acceptors (Lipinski definition) is 7. The zero-order valence-electron chi connectivity index (χ0n) is 14.2. The number of hydrogen-bond donors (Lipinski definition) is 3. The van der Waals surface area contributed by atoms with Gasteiger partial charge in [0.2, 0.25) is 16.0 Å². The van der Waals surface area contributed by atoms with Crippen LogP contribution < -0.4 is 15.4 Å². The van der Waals surface area contributed by atoms with Crippen molar-refractivity contribution in [2.24, 2.45) is 7.05 Å². The molecule has 142 valence electrons. The zero-order chi connectivity index (χ0) is 19.6. The number of aromatic nitrogens is 4. The second-order valence-electron chi connectivity index (χ2n) is 5.58. The van der Waals surface area contributed by atoms with Gasteiger partial charge in [-0.3, -0.25) is 9.40 Å². The lowest BCUT2D eigenvalue weighted by Crippen LogP contribution is -2.13. The Labute approximate surface area is 153 Å². The smallest absolute Gasteiger partial charge is 0.229 e. The maximum absolute atomic E-state index is 14.1. The van der Waals surface area contributed by atoms with Gasteiger partial charge in [-0.15, -0.1) is 0 Å². The van der Waals surface area contributed by atoms with Crippen molar-refractivity contribution in [1.82, 2.24) is 19.7 Å². The van der Waals surface area contributed by atoms with Crippen LogP contribution in [0.15, 0.2) is 36.8 Å². The number of aryl methyl sites for hydroxylation is 1. The Morgan fingerprint density at radius 2 is 1.89 bits per heavy atom. The minimum Gasteiger partial charge on any atom is -0.336 e. The SMILES string of the molecule is Cn1cc(Nc2ncc(F)c(Nc3cccc(F)c3NS(C)(=O)=O)n2)cn1. The molecule has 0 aliphatic rings. The summed E-state index contributed by atoms with van der Waals surface area (Å²) < 4.78 is 54.7. The first-order chi connectivity index (χ1) is 12.7. The number of sulfonamides is 1. The molecule has 27 heavy (non-hydrogen) atoms. The van der Waals surface area contributed by atoms with Gasteiger partial charge in [-0.25, -0.2) is 22.2 Å². The lowest BCUT2D eigenvalue weighted by Gasteiger charge is -2.14. The molecule has 0 aliphatic carbocycles. The molecule has 2 heterocycles. The van der Waals surface area contributed by atoms with Gasteiger partial charge in [0.15, 0.2) is 11.6 Å². The topological polar surface area (TPSA) is 114 Å². The van der Waals surface area contributed by atoms with E-state index in [-0.39, 0.29) is 23.1 Å². The van der Waals surface area contributed by atoms with Crippen LogP contribution in [0.4, 0.5) is 37.6 Å². The lowest BCUT2D eigenvalue weighted by atomic mass is 10.2. The third kappa shape index (κ3) is 4.67. The molecule has 12 heteroatoms. The molecule has 0 radical (unpaired) electrons. The third-order valence-corrected chi connectivity index (χ3v) is 3.83. The van der Waals surface area contributed by atoms with Crippen molar-refractivity contribution >= 4 is 38.9 Å². The fourth-order valence-electron chi connectivity index (χ4n) is 2.17. The van der Waals surface area contributed by atoms with E-state index in [0.29, 0.717) is 5.69 Å². The lowest BCUT2D eigenvalue weighted by molar-refractivity contribution is 0.604. The van der Waals surface area contributed by atoms with Gasteiger partial charge >= 0.3 is 0 Å². The Hall–Kier alpha value is -3.28. The molecule has 1 aromatic carbocycles. The van der Waals surface area contributed by atoms with Crippen LogP contribution in [0, 0.1) is 11.6 Å². The highest BCUT2D eigenvalue weighted by Gasteiger charge is 2.15. The van der Waals surface area contributed by atoms with E-state index < -0.39 is 21.7 Å². The van der Waals surface area contributed by atoms with E-state index in [0.717, 1.165) is 18.5 Å². The van der Waals surface area contributed by atoms with E-state index in [1.807, 2.05) is 0 Å². The Kier molecular flexibility index (Phi) is 4.90. The van der Waals surface area contributed by atoms with Gasteiger partial charge < -0.3 is 10.6 Å². The number of nitrogens with zero attached hydrogens (tertiary/aromatic N) is 4. The monoisotopic (exact) mass is 395 g/mol. The number of para-hydroxylation sites is 1. The summed E-state index contributed by atoms with van der Waals surface area (Å²) in [4.78, 5) is 7.82. The molecular weight excluding hydrogens is 380 g/mol. The second-order valence-corrected chi connectivity index (χ2v) is 7.33. The van der Waals surface area contributed by atoms with Crippen LogP contribution in [0.25, 0.3) is 0 Å². The molecule has 3 aromatic rings. The number of benzene rings is 1. The van der Waals surface area contributed by atoms with Gasteiger partial charge in [-0.05, 0) is 12.1 Å². The average molecular weight is 395 g/mol. The molecule has 3 N–H and O–H groups in total. The molecule has 0 amide bonds. The number of nitrogens with one attached hydrogen (secondary N) is 3. The molecular formula is C15H15F2N7O2S. The first kappa shape index (κ1) is 18.5. The van der Waals surface area contributed by atoms with E-state index >= 15 is 0 Å². The molecule has 3 rings (SSSR count). The van der Waals surface area contributed by atoms with Gasteiger partial charge in [0.1, 0.15) is 11.5 Å². The first-order valence-electron chi connectivity index (χ1n) is 7.53. The summed E-state index contributed by atoms with van der Waals surface area (Å²) in [6, 6.07) is 3.80. The molecule has 0 bridgehead atoms. The van der Waals surface area contributed by atoms with Crippen molar-refractivity contribution in [3.8, 4) is 0 Å². The molecule has 0 saturated heterocycles. The highest BCUT2D eigenvalue weighted by molar-refractivity contribution is 7.92. The molecule has 0 atom stereocenters. The largest absolute Gasteiger partial charge is 0.336 e. The highest BCUT2D eigenvalue weighted by Crippen LogP contribution is 2.29. The molecule has 0 aliphatic heterocycles.